The summed E-state index contributed by atoms with van der Waals surface area (Å²) in [5, 5.41) is 4.00. The third kappa shape index (κ3) is 2.89. The fraction of sp³-hybridized carbons (Fsp3) is 0.231. The summed E-state index contributed by atoms with van der Waals surface area (Å²) >= 11 is 2.91. The molecule has 3 nitrogen and oxygen atoms in total. The molecule has 0 saturated carbocycles. The van der Waals surface area contributed by atoms with Crippen LogP contribution in [0.5, 0.6) is 0 Å². The summed E-state index contributed by atoms with van der Waals surface area (Å²) in [6.07, 6.45) is 2.36. The molecule has 0 aliphatic heterocycles. The van der Waals surface area contributed by atoms with E-state index in [1.165, 1.54) is 6.07 Å². The fourth-order valence-electron chi connectivity index (χ4n) is 1.76. The standard InChI is InChI=1S/C13H11BrF2N2O/c1-18-8(6-7-17-18)2-5-11(19)9-3-4-10(15)13(16)12(9)14/h3-4,6-7H,2,5H2,1H3. The van der Waals surface area contributed by atoms with Gasteiger partial charge in [-0.05, 0) is 40.5 Å². The van der Waals surface area contributed by atoms with Crippen molar-refractivity contribution in [1.82, 2.24) is 9.78 Å². The van der Waals surface area contributed by atoms with Crippen LogP contribution in [0, 0.1) is 11.6 Å². The Balaban J connectivity index is 2.13. The molecule has 6 heteroatoms. The predicted octanol–water partition coefficient (Wildman–Crippen LogP) is 3.28. The molecule has 2 rings (SSSR count). The Labute approximate surface area is 117 Å². The predicted molar refractivity (Wildman–Crippen MR) is 69.9 cm³/mol. The average Bonchev–Trinajstić information content (AvgIpc) is 2.79. The van der Waals surface area contributed by atoms with Crippen LogP contribution in [0.25, 0.3) is 0 Å². The van der Waals surface area contributed by atoms with E-state index in [4.69, 9.17) is 0 Å². The summed E-state index contributed by atoms with van der Waals surface area (Å²) in [5.74, 6) is -2.26. The van der Waals surface area contributed by atoms with Crippen molar-refractivity contribution in [2.75, 3.05) is 0 Å². The van der Waals surface area contributed by atoms with E-state index in [0.717, 1.165) is 11.8 Å². The smallest absolute Gasteiger partial charge is 0.173 e. The molecule has 0 N–H and O–H groups in total. The summed E-state index contributed by atoms with van der Waals surface area (Å²) in [6.45, 7) is 0. The molecule has 0 amide bonds. The first-order chi connectivity index (χ1) is 9.00. The molecule has 0 radical (unpaired) electrons. The van der Waals surface area contributed by atoms with E-state index < -0.39 is 11.6 Å². The Morgan fingerprint density at radius 3 is 2.74 bits per heavy atom. The van der Waals surface area contributed by atoms with E-state index in [0.29, 0.717) is 6.42 Å². The van der Waals surface area contributed by atoms with E-state index in [1.54, 1.807) is 17.9 Å². The second kappa shape index (κ2) is 5.61. The first-order valence-electron chi connectivity index (χ1n) is 5.64. The van der Waals surface area contributed by atoms with Gasteiger partial charge in [-0.1, -0.05) is 0 Å². The lowest BCUT2D eigenvalue weighted by molar-refractivity contribution is 0.0981. The molecule has 19 heavy (non-hydrogen) atoms. The van der Waals surface area contributed by atoms with Crippen LogP contribution in [0.2, 0.25) is 0 Å². The van der Waals surface area contributed by atoms with Crippen molar-refractivity contribution < 1.29 is 13.6 Å². The van der Waals surface area contributed by atoms with Crippen molar-refractivity contribution >= 4 is 21.7 Å². The topological polar surface area (TPSA) is 34.9 Å². The second-order valence-corrected chi connectivity index (χ2v) is 4.89. The Morgan fingerprint density at radius 2 is 2.11 bits per heavy atom. The number of hydrogen-bond acceptors (Lipinski definition) is 2. The number of benzene rings is 1. The molecule has 1 heterocycles. The number of nitrogens with zero attached hydrogens (tertiary/aromatic N) is 2. The first-order valence-corrected chi connectivity index (χ1v) is 6.43. The second-order valence-electron chi connectivity index (χ2n) is 4.09. The largest absolute Gasteiger partial charge is 0.294 e. The zero-order valence-corrected chi connectivity index (χ0v) is 11.7. The van der Waals surface area contributed by atoms with Gasteiger partial charge in [0.05, 0.1) is 4.47 Å². The summed E-state index contributed by atoms with van der Waals surface area (Å²) in [6, 6.07) is 4.05. The van der Waals surface area contributed by atoms with E-state index in [1.807, 2.05) is 6.07 Å². The highest BCUT2D eigenvalue weighted by Gasteiger charge is 2.16. The fourth-order valence-corrected chi connectivity index (χ4v) is 2.31. The van der Waals surface area contributed by atoms with Crippen LogP contribution in [0.4, 0.5) is 8.78 Å². The monoisotopic (exact) mass is 328 g/mol. The highest BCUT2D eigenvalue weighted by molar-refractivity contribution is 9.10. The van der Waals surface area contributed by atoms with Crippen LogP contribution in [0.3, 0.4) is 0 Å². The lowest BCUT2D eigenvalue weighted by Gasteiger charge is -2.05. The van der Waals surface area contributed by atoms with Gasteiger partial charge in [-0.25, -0.2) is 8.78 Å². The number of carbonyl (C=O) groups excluding carboxylic acids is 1. The maximum atomic E-state index is 13.3. The summed E-state index contributed by atoms with van der Waals surface area (Å²) in [4.78, 5) is 12.0. The molecule has 0 aliphatic carbocycles. The lowest BCUT2D eigenvalue weighted by atomic mass is 10.1. The van der Waals surface area contributed by atoms with Gasteiger partial charge in [-0.3, -0.25) is 9.48 Å². The lowest BCUT2D eigenvalue weighted by Crippen LogP contribution is -2.06. The maximum Gasteiger partial charge on any atom is 0.173 e. The van der Waals surface area contributed by atoms with Crippen molar-refractivity contribution in [2.45, 2.75) is 12.8 Å². The molecule has 0 aliphatic rings. The third-order valence-corrected chi connectivity index (χ3v) is 3.64. The Morgan fingerprint density at radius 1 is 1.37 bits per heavy atom. The number of ketones is 1. The van der Waals surface area contributed by atoms with Crippen LogP contribution in [0.1, 0.15) is 22.5 Å². The molecule has 2 aromatic rings. The molecule has 0 saturated heterocycles. The van der Waals surface area contributed by atoms with E-state index in [9.17, 15) is 13.6 Å². The van der Waals surface area contributed by atoms with Gasteiger partial charge in [-0.2, -0.15) is 5.10 Å². The number of aromatic nitrogens is 2. The van der Waals surface area contributed by atoms with Crippen LogP contribution in [0.15, 0.2) is 28.9 Å². The molecular weight excluding hydrogens is 318 g/mol. The zero-order chi connectivity index (χ0) is 14.0. The highest BCUT2D eigenvalue weighted by atomic mass is 79.9. The quantitative estimate of drug-likeness (QED) is 0.637. The minimum absolute atomic E-state index is 0.123. The summed E-state index contributed by atoms with van der Waals surface area (Å²) < 4.78 is 27.8. The Hall–Kier alpha value is -1.56. The molecule has 1 aromatic heterocycles. The van der Waals surface area contributed by atoms with Gasteiger partial charge in [0.25, 0.3) is 0 Å². The number of rotatable bonds is 4. The maximum absolute atomic E-state index is 13.3. The molecule has 0 atom stereocenters. The van der Waals surface area contributed by atoms with E-state index >= 15 is 0 Å². The van der Waals surface area contributed by atoms with Gasteiger partial charge in [0, 0.05) is 30.9 Å². The first kappa shape index (κ1) is 13.9. The van der Waals surface area contributed by atoms with Gasteiger partial charge < -0.3 is 0 Å². The van der Waals surface area contributed by atoms with Crippen LogP contribution in [-0.2, 0) is 13.5 Å². The number of Topliss-reactive ketones (excluding diaryl/α,β-unsaturated/α-hetero) is 1. The minimum Gasteiger partial charge on any atom is -0.294 e. The van der Waals surface area contributed by atoms with Crippen molar-refractivity contribution in [3.8, 4) is 0 Å². The van der Waals surface area contributed by atoms with Gasteiger partial charge in [0.2, 0.25) is 0 Å². The Kier molecular flexibility index (Phi) is 4.09. The van der Waals surface area contributed by atoms with Crippen molar-refractivity contribution in [3.63, 3.8) is 0 Å². The molecule has 0 bridgehead atoms. The van der Waals surface area contributed by atoms with Gasteiger partial charge in [-0.15, -0.1) is 0 Å². The molecule has 0 spiro atoms. The SMILES string of the molecule is Cn1nccc1CCC(=O)c1ccc(F)c(F)c1Br. The number of aryl methyl sites for hydroxylation is 2. The number of hydrogen-bond donors (Lipinski definition) is 0. The van der Waals surface area contributed by atoms with Gasteiger partial charge >= 0.3 is 0 Å². The van der Waals surface area contributed by atoms with Crippen molar-refractivity contribution in [2.24, 2.45) is 7.05 Å². The van der Waals surface area contributed by atoms with Crippen molar-refractivity contribution in [1.29, 1.82) is 0 Å². The Bertz CT molecular complexity index is 625. The average molecular weight is 329 g/mol. The number of halogens is 3. The van der Waals surface area contributed by atoms with Crippen LogP contribution in [-0.4, -0.2) is 15.6 Å². The summed E-state index contributed by atoms with van der Waals surface area (Å²) in [5.41, 5.74) is 1.06. The van der Waals surface area contributed by atoms with Crippen molar-refractivity contribution in [3.05, 3.63) is 51.8 Å². The summed E-state index contributed by atoms with van der Waals surface area (Å²) in [7, 11) is 1.79. The third-order valence-electron chi connectivity index (χ3n) is 2.87. The molecule has 0 unspecified atom stereocenters. The molecule has 1 aromatic carbocycles. The number of carbonyl (C=O) groups is 1. The van der Waals surface area contributed by atoms with E-state index in [2.05, 4.69) is 21.0 Å². The van der Waals surface area contributed by atoms with Gasteiger partial charge in [0.1, 0.15) is 0 Å². The van der Waals surface area contributed by atoms with Gasteiger partial charge in [0.15, 0.2) is 17.4 Å². The highest BCUT2D eigenvalue weighted by Crippen LogP contribution is 2.24. The molecular formula is C13H11BrF2N2O. The molecule has 0 fully saturated rings. The van der Waals surface area contributed by atoms with E-state index in [-0.39, 0.29) is 22.2 Å². The van der Waals surface area contributed by atoms with Crippen LogP contribution >= 0.6 is 15.9 Å². The minimum atomic E-state index is -1.04. The molecule has 100 valence electrons. The normalized spacial score (nSPS) is 10.7. The van der Waals surface area contributed by atoms with Crippen LogP contribution < -0.4 is 0 Å². The zero-order valence-electron chi connectivity index (χ0n) is 10.2.